The van der Waals surface area contributed by atoms with E-state index in [2.05, 4.69) is 13.8 Å². The largest absolute Gasteiger partial charge is 0.300 e. The van der Waals surface area contributed by atoms with Crippen molar-refractivity contribution in [1.82, 2.24) is 0 Å². The smallest absolute Gasteiger partial charge is 0.155 e. The number of hydrogen-bond donors (Lipinski definition) is 0. The molecule has 0 spiro atoms. The number of fused-ring (bicyclic) bond motifs is 5. The maximum atomic E-state index is 12.5. The average molecular weight is 371 g/mol. The molecule has 2 heteroatoms. The Balaban J connectivity index is 1.66. The van der Waals surface area contributed by atoms with Crippen LogP contribution in [-0.4, -0.2) is 11.6 Å². The Morgan fingerprint density at radius 3 is 2.70 bits per heavy atom. The lowest BCUT2D eigenvalue weighted by Crippen LogP contribution is -2.51. The fourth-order valence-electron chi connectivity index (χ4n) is 8.12. The molecular formula is C25H38O2. The van der Waals surface area contributed by atoms with Crippen molar-refractivity contribution in [3.63, 3.8) is 0 Å². The van der Waals surface area contributed by atoms with Crippen molar-refractivity contribution in [1.29, 1.82) is 0 Å². The molecule has 0 aromatic rings. The molecule has 0 aromatic heterocycles. The van der Waals surface area contributed by atoms with Gasteiger partial charge in [-0.3, -0.25) is 9.59 Å². The number of carbonyl (C=O) groups is 2. The Bertz CT molecular complexity index is 632. The number of unbranched alkanes of at least 4 members (excludes halogenated alkanes) is 2. The van der Waals surface area contributed by atoms with E-state index < -0.39 is 0 Å². The molecule has 2 nitrogen and oxygen atoms in total. The van der Waals surface area contributed by atoms with Crippen molar-refractivity contribution in [2.45, 2.75) is 91.4 Å². The summed E-state index contributed by atoms with van der Waals surface area (Å²) < 4.78 is 0. The third-order valence-electron chi connectivity index (χ3n) is 9.09. The van der Waals surface area contributed by atoms with Gasteiger partial charge >= 0.3 is 0 Å². The lowest BCUT2D eigenvalue weighted by Gasteiger charge is -2.57. The molecule has 0 N–H and O–H groups in total. The summed E-state index contributed by atoms with van der Waals surface area (Å²) in [6, 6.07) is 0. The molecule has 0 saturated heterocycles. The van der Waals surface area contributed by atoms with Gasteiger partial charge in [0.15, 0.2) is 5.78 Å². The number of allylic oxidation sites excluding steroid dienone is 1. The molecule has 4 aliphatic rings. The zero-order chi connectivity index (χ0) is 19.2. The summed E-state index contributed by atoms with van der Waals surface area (Å²) in [5, 5.41) is 0. The monoisotopic (exact) mass is 370 g/mol. The SMILES string of the molecule is CCCCC[C@@H]1C[C@]2(C)[C@@H](C(C)=O)CC[C@H]2[C@@H]2CCC3=CC(=O)CC[C@@H]3[C@@H]12. The van der Waals surface area contributed by atoms with Gasteiger partial charge in [-0.1, -0.05) is 45.1 Å². The van der Waals surface area contributed by atoms with Gasteiger partial charge in [0.1, 0.15) is 5.78 Å². The van der Waals surface area contributed by atoms with Crippen LogP contribution in [0.15, 0.2) is 11.6 Å². The normalized spacial score (nSPS) is 43.5. The van der Waals surface area contributed by atoms with Gasteiger partial charge < -0.3 is 0 Å². The molecular weight excluding hydrogens is 332 g/mol. The molecule has 0 bridgehead atoms. The number of rotatable bonds is 5. The maximum Gasteiger partial charge on any atom is 0.155 e. The third-order valence-corrected chi connectivity index (χ3v) is 9.09. The van der Waals surface area contributed by atoms with Gasteiger partial charge in [0.25, 0.3) is 0 Å². The first-order valence-electron chi connectivity index (χ1n) is 11.7. The molecule has 150 valence electrons. The quantitative estimate of drug-likeness (QED) is 0.545. The number of carbonyl (C=O) groups excluding carboxylic acids is 2. The molecule has 0 aliphatic heterocycles. The molecule has 0 heterocycles. The second kappa shape index (κ2) is 7.48. The summed E-state index contributed by atoms with van der Waals surface area (Å²) in [6.07, 6.45) is 15.2. The summed E-state index contributed by atoms with van der Waals surface area (Å²) in [5.74, 6) is 4.80. The first-order valence-corrected chi connectivity index (χ1v) is 11.7. The van der Waals surface area contributed by atoms with Crippen molar-refractivity contribution >= 4 is 11.6 Å². The first kappa shape index (κ1) is 19.4. The Morgan fingerprint density at radius 2 is 1.96 bits per heavy atom. The van der Waals surface area contributed by atoms with Gasteiger partial charge in [-0.2, -0.15) is 0 Å². The van der Waals surface area contributed by atoms with Gasteiger partial charge in [0, 0.05) is 12.3 Å². The van der Waals surface area contributed by atoms with Crippen molar-refractivity contribution in [2.75, 3.05) is 0 Å². The summed E-state index contributed by atoms with van der Waals surface area (Å²) >= 11 is 0. The Kier molecular flexibility index (Phi) is 5.38. The minimum absolute atomic E-state index is 0.232. The molecule has 0 amide bonds. The van der Waals surface area contributed by atoms with Crippen LogP contribution in [-0.2, 0) is 9.59 Å². The number of Topliss-reactive ketones (excluding diaryl/α,β-unsaturated/α-hetero) is 1. The molecule has 4 aliphatic carbocycles. The Hall–Kier alpha value is -0.920. The lowest BCUT2D eigenvalue weighted by molar-refractivity contribution is -0.130. The van der Waals surface area contributed by atoms with Crippen LogP contribution in [0.25, 0.3) is 0 Å². The maximum absolute atomic E-state index is 12.5. The van der Waals surface area contributed by atoms with Crippen LogP contribution in [0.2, 0.25) is 0 Å². The van der Waals surface area contributed by atoms with Crippen LogP contribution in [0.3, 0.4) is 0 Å². The van der Waals surface area contributed by atoms with Crippen molar-refractivity contribution in [3.8, 4) is 0 Å². The minimum Gasteiger partial charge on any atom is -0.300 e. The standard InChI is InChI=1S/C25H38O2/c1-4-5-6-7-18-15-25(3)22(16(2)26)12-13-23(25)21-10-8-17-14-19(27)9-11-20(17)24(18)21/h14,18,20-24H,4-13,15H2,1-3H3/t18-,20+,21+,22-,23+,24-,25-/m1/s1. The van der Waals surface area contributed by atoms with E-state index >= 15 is 0 Å². The third kappa shape index (κ3) is 3.25. The summed E-state index contributed by atoms with van der Waals surface area (Å²) in [6.45, 7) is 6.60. The fourth-order valence-corrected chi connectivity index (χ4v) is 8.12. The number of ketones is 2. The van der Waals surface area contributed by atoms with E-state index in [1.54, 1.807) is 0 Å². The second-order valence-corrected chi connectivity index (χ2v) is 10.4. The van der Waals surface area contributed by atoms with Crippen LogP contribution in [0.4, 0.5) is 0 Å². The fraction of sp³-hybridized carbons (Fsp3) is 0.840. The van der Waals surface area contributed by atoms with Crippen molar-refractivity contribution in [3.05, 3.63) is 11.6 Å². The molecule has 4 rings (SSSR count). The van der Waals surface area contributed by atoms with E-state index in [4.69, 9.17) is 0 Å². The molecule has 3 saturated carbocycles. The van der Waals surface area contributed by atoms with E-state index in [-0.39, 0.29) is 5.41 Å². The van der Waals surface area contributed by atoms with Crippen LogP contribution in [0.5, 0.6) is 0 Å². The number of hydrogen-bond acceptors (Lipinski definition) is 2. The average Bonchev–Trinajstić information content (AvgIpc) is 2.98. The van der Waals surface area contributed by atoms with Gasteiger partial charge in [-0.15, -0.1) is 0 Å². The van der Waals surface area contributed by atoms with Crippen molar-refractivity contribution in [2.24, 2.45) is 40.9 Å². The molecule has 7 atom stereocenters. The first-order chi connectivity index (χ1) is 13.0. The zero-order valence-corrected chi connectivity index (χ0v) is 17.6. The van der Waals surface area contributed by atoms with Crippen LogP contribution in [0.1, 0.15) is 91.4 Å². The minimum atomic E-state index is 0.232. The summed E-state index contributed by atoms with van der Waals surface area (Å²) in [7, 11) is 0. The van der Waals surface area contributed by atoms with Gasteiger partial charge in [-0.25, -0.2) is 0 Å². The molecule has 27 heavy (non-hydrogen) atoms. The van der Waals surface area contributed by atoms with Gasteiger partial charge in [0.2, 0.25) is 0 Å². The highest BCUT2D eigenvalue weighted by atomic mass is 16.1. The highest BCUT2D eigenvalue weighted by molar-refractivity contribution is 5.91. The predicted octanol–water partition coefficient (Wildman–Crippen LogP) is 6.14. The lowest BCUT2D eigenvalue weighted by atomic mass is 9.47. The molecule has 0 unspecified atom stereocenters. The molecule has 0 radical (unpaired) electrons. The van der Waals surface area contributed by atoms with Crippen LogP contribution < -0.4 is 0 Å². The zero-order valence-electron chi connectivity index (χ0n) is 17.6. The highest BCUT2D eigenvalue weighted by Crippen LogP contribution is 2.66. The second-order valence-electron chi connectivity index (χ2n) is 10.4. The van der Waals surface area contributed by atoms with E-state index in [1.165, 1.54) is 50.5 Å². The van der Waals surface area contributed by atoms with Crippen LogP contribution in [0, 0.1) is 40.9 Å². The van der Waals surface area contributed by atoms with E-state index in [0.717, 1.165) is 49.4 Å². The van der Waals surface area contributed by atoms with Crippen molar-refractivity contribution < 1.29 is 9.59 Å². The predicted molar refractivity (Wildman–Crippen MR) is 109 cm³/mol. The van der Waals surface area contributed by atoms with Crippen LogP contribution >= 0.6 is 0 Å². The topological polar surface area (TPSA) is 34.1 Å². The highest BCUT2D eigenvalue weighted by Gasteiger charge is 2.59. The summed E-state index contributed by atoms with van der Waals surface area (Å²) in [5.41, 5.74) is 1.72. The van der Waals surface area contributed by atoms with E-state index in [9.17, 15) is 9.59 Å². The molecule has 0 aromatic carbocycles. The Labute approximate surface area is 165 Å². The Morgan fingerprint density at radius 1 is 1.15 bits per heavy atom. The van der Waals surface area contributed by atoms with Gasteiger partial charge in [-0.05, 0) is 86.5 Å². The molecule has 3 fully saturated rings. The summed E-state index contributed by atoms with van der Waals surface area (Å²) in [4.78, 5) is 24.5. The van der Waals surface area contributed by atoms with E-state index in [1.807, 2.05) is 13.0 Å². The van der Waals surface area contributed by atoms with Gasteiger partial charge in [0.05, 0.1) is 0 Å². The van der Waals surface area contributed by atoms with E-state index in [0.29, 0.717) is 23.4 Å².